The first-order valence-corrected chi connectivity index (χ1v) is 13.1. The fraction of sp³-hybridized carbons (Fsp3) is 0.417. The van der Waals surface area contributed by atoms with Crippen molar-refractivity contribution in [2.24, 2.45) is 0 Å². The molecule has 0 bridgehead atoms. The maximum absolute atomic E-state index is 13.3. The van der Waals surface area contributed by atoms with E-state index in [4.69, 9.17) is 9.47 Å². The molecule has 1 unspecified atom stereocenters. The number of anilines is 1. The van der Waals surface area contributed by atoms with Crippen LogP contribution in [0.1, 0.15) is 30.1 Å². The number of hydrogen-bond donors (Lipinski definition) is 0. The molecule has 2 amide bonds. The van der Waals surface area contributed by atoms with Gasteiger partial charge < -0.3 is 14.4 Å². The molecule has 2 aromatic carbocycles. The first kappa shape index (κ1) is 26.0. The minimum atomic E-state index is -4.65. The summed E-state index contributed by atoms with van der Waals surface area (Å²) in [6.45, 7) is -1.06. The van der Waals surface area contributed by atoms with E-state index in [-0.39, 0.29) is 36.2 Å². The molecule has 4 rings (SSSR count). The van der Waals surface area contributed by atoms with Crippen LogP contribution in [0.25, 0.3) is 0 Å². The monoisotopic (exact) mass is 526 g/mol. The Hall–Kier alpha value is -3.12. The van der Waals surface area contributed by atoms with E-state index in [1.807, 2.05) is 24.3 Å². The van der Waals surface area contributed by atoms with Gasteiger partial charge in [0.1, 0.15) is 13.2 Å². The molecule has 36 heavy (non-hydrogen) atoms. The standard InChI is InChI=1S/C24H25F3N2O6S/c1-36(32,33)19-8-6-16(7-9-19)21(35-15-24(25,26)27)22(30)28-12-10-18(11-13-28)29-20-5-3-2-4-17(20)14-34-23(29)31/h2-9,18,21H,10-15H2,1H3. The number of piperidine rings is 1. The van der Waals surface area contributed by atoms with Gasteiger partial charge in [0.2, 0.25) is 0 Å². The lowest BCUT2D eigenvalue weighted by molar-refractivity contribution is -0.191. The van der Waals surface area contributed by atoms with Crippen molar-refractivity contribution in [1.29, 1.82) is 0 Å². The second-order valence-electron chi connectivity index (χ2n) is 8.76. The number of alkyl halides is 3. The molecule has 0 aromatic heterocycles. The lowest BCUT2D eigenvalue weighted by Crippen LogP contribution is -2.51. The number of carbonyl (C=O) groups is 2. The van der Waals surface area contributed by atoms with Crippen LogP contribution in [0, 0.1) is 0 Å². The number of halogens is 3. The molecule has 2 heterocycles. The smallest absolute Gasteiger partial charge is 0.414 e. The third kappa shape index (κ3) is 5.81. The first-order valence-electron chi connectivity index (χ1n) is 11.2. The van der Waals surface area contributed by atoms with Crippen molar-refractivity contribution in [1.82, 2.24) is 4.90 Å². The van der Waals surface area contributed by atoms with Crippen LogP contribution in [0.2, 0.25) is 0 Å². The third-order valence-corrected chi connectivity index (χ3v) is 7.32. The number of sulfone groups is 1. The number of amides is 2. The molecule has 1 saturated heterocycles. The zero-order valence-corrected chi connectivity index (χ0v) is 20.2. The van der Waals surface area contributed by atoms with E-state index in [1.165, 1.54) is 29.2 Å². The largest absolute Gasteiger partial charge is 0.444 e. The number of cyclic esters (lactones) is 1. The molecule has 0 spiro atoms. The minimum Gasteiger partial charge on any atom is -0.444 e. The molecular formula is C24H25F3N2O6S. The van der Waals surface area contributed by atoms with Crippen LogP contribution < -0.4 is 4.90 Å². The summed E-state index contributed by atoms with van der Waals surface area (Å²) < 4.78 is 72.4. The van der Waals surface area contributed by atoms with E-state index in [1.54, 1.807) is 4.90 Å². The highest BCUT2D eigenvalue weighted by atomic mass is 32.2. The summed E-state index contributed by atoms with van der Waals surface area (Å²) in [5, 5.41) is 0. The first-order chi connectivity index (χ1) is 16.9. The van der Waals surface area contributed by atoms with Crippen LogP contribution in [0.15, 0.2) is 53.4 Å². The minimum absolute atomic E-state index is 0.0252. The average molecular weight is 527 g/mol. The van der Waals surface area contributed by atoms with Crippen LogP contribution in [0.4, 0.5) is 23.7 Å². The fourth-order valence-corrected chi connectivity index (χ4v) is 5.04. The number of carbonyl (C=O) groups excluding carboxylic acids is 2. The average Bonchev–Trinajstić information content (AvgIpc) is 2.83. The van der Waals surface area contributed by atoms with Gasteiger partial charge in [0.05, 0.1) is 10.6 Å². The second-order valence-corrected chi connectivity index (χ2v) is 10.8. The Balaban J connectivity index is 1.49. The van der Waals surface area contributed by atoms with Gasteiger partial charge in [-0.15, -0.1) is 0 Å². The lowest BCUT2D eigenvalue weighted by atomic mass is 9.99. The molecule has 194 valence electrons. The van der Waals surface area contributed by atoms with Crippen LogP contribution in [0.3, 0.4) is 0 Å². The van der Waals surface area contributed by atoms with Crippen LogP contribution in [0.5, 0.6) is 0 Å². The van der Waals surface area contributed by atoms with Gasteiger partial charge in [-0.25, -0.2) is 13.2 Å². The van der Waals surface area contributed by atoms with Crippen LogP contribution >= 0.6 is 0 Å². The highest BCUT2D eigenvalue weighted by Crippen LogP contribution is 2.33. The zero-order chi connectivity index (χ0) is 26.1. The highest BCUT2D eigenvalue weighted by molar-refractivity contribution is 7.90. The molecule has 0 saturated carbocycles. The Bertz CT molecular complexity index is 1230. The molecule has 0 aliphatic carbocycles. The number of benzene rings is 2. The molecule has 12 heteroatoms. The summed E-state index contributed by atoms with van der Waals surface area (Å²) in [6, 6.07) is 12.1. The van der Waals surface area contributed by atoms with E-state index in [0.29, 0.717) is 12.8 Å². The van der Waals surface area contributed by atoms with Gasteiger partial charge in [0.15, 0.2) is 15.9 Å². The highest BCUT2D eigenvalue weighted by Gasteiger charge is 2.38. The van der Waals surface area contributed by atoms with Crippen molar-refractivity contribution in [3.63, 3.8) is 0 Å². The molecule has 1 atom stereocenters. The Morgan fingerprint density at radius 1 is 1.11 bits per heavy atom. The molecule has 2 aromatic rings. The predicted molar refractivity (Wildman–Crippen MR) is 123 cm³/mol. The molecule has 0 radical (unpaired) electrons. The number of likely N-dealkylation sites (tertiary alicyclic amines) is 1. The number of para-hydroxylation sites is 1. The van der Waals surface area contributed by atoms with Crippen LogP contribution in [-0.2, 0) is 30.7 Å². The summed E-state index contributed by atoms with van der Waals surface area (Å²) in [5.74, 6) is -0.661. The zero-order valence-electron chi connectivity index (χ0n) is 19.4. The number of nitrogens with zero attached hydrogens (tertiary/aromatic N) is 2. The van der Waals surface area contributed by atoms with Gasteiger partial charge in [0, 0.05) is 31.0 Å². The quantitative estimate of drug-likeness (QED) is 0.568. The van der Waals surface area contributed by atoms with E-state index in [2.05, 4.69) is 0 Å². The van der Waals surface area contributed by atoms with Crippen molar-refractivity contribution < 1.29 is 40.7 Å². The van der Waals surface area contributed by atoms with E-state index in [9.17, 15) is 31.2 Å². The Kier molecular flexibility index (Phi) is 7.28. The molecular weight excluding hydrogens is 501 g/mol. The topological polar surface area (TPSA) is 93.2 Å². The summed E-state index contributed by atoms with van der Waals surface area (Å²) in [7, 11) is -3.52. The normalized spacial score (nSPS) is 17.9. The molecule has 0 N–H and O–H groups in total. The summed E-state index contributed by atoms with van der Waals surface area (Å²) in [4.78, 5) is 28.7. The number of fused-ring (bicyclic) bond motifs is 1. The van der Waals surface area contributed by atoms with Crippen molar-refractivity contribution >= 4 is 27.5 Å². The number of ether oxygens (including phenoxy) is 2. The maximum atomic E-state index is 13.3. The maximum Gasteiger partial charge on any atom is 0.414 e. The van der Waals surface area contributed by atoms with Crippen LogP contribution in [-0.4, -0.2) is 63.5 Å². The number of rotatable bonds is 6. The van der Waals surface area contributed by atoms with Gasteiger partial charge in [-0.2, -0.15) is 13.2 Å². The summed E-state index contributed by atoms with van der Waals surface area (Å²) in [6.07, 6.45) is -4.89. The van der Waals surface area contributed by atoms with Gasteiger partial charge in [-0.3, -0.25) is 9.69 Å². The van der Waals surface area contributed by atoms with Gasteiger partial charge in [-0.05, 0) is 36.6 Å². The van der Waals surface area contributed by atoms with Crippen molar-refractivity contribution in [3.8, 4) is 0 Å². The third-order valence-electron chi connectivity index (χ3n) is 6.19. The molecule has 8 nitrogen and oxygen atoms in total. The lowest BCUT2D eigenvalue weighted by Gasteiger charge is -2.40. The Morgan fingerprint density at radius 2 is 1.75 bits per heavy atom. The van der Waals surface area contributed by atoms with Gasteiger partial charge in [0.25, 0.3) is 5.91 Å². The van der Waals surface area contributed by atoms with E-state index >= 15 is 0 Å². The van der Waals surface area contributed by atoms with Crippen molar-refractivity contribution in [2.45, 2.75) is 42.7 Å². The molecule has 1 fully saturated rings. The fourth-order valence-electron chi connectivity index (χ4n) is 4.41. The van der Waals surface area contributed by atoms with Gasteiger partial charge >= 0.3 is 12.3 Å². The second kappa shape index (κ2) is 10.1. The Labute approximate surface area is 206 Å². The number of hydrogen-bond acceptors (Lipinski definition) is 6. The van der Waals surface area contributed by atoms with E-state index < -0.39 is 40.7 Å². The molecule has 2 aliphatic rings. The van der Waals surface area contributed by atoms with Crippen molar-refractivity contribution in [2.75, 3.05) is 30.9 Å². The van der Waals surface area contributed by atoms with Crippen molar-refractivity contribution in [3.05, 3.63) is 59.7 Å². The summed E-state index contributed by atoms with van der Waals surface area (Å²) in [5.41, 5.74) is 1.73. The SMILES string of the molecule is CS(=O)(=O)c1ccc(C(OCC(F)(F)F)C(=O)N2CCC(N3C(=O)OCc4ccccc43)CC2)cc1. The Morgan fingerprint density at radius 3 is 2.36 bits per heavy atom. The van der Waals surface area contributed by atoms with E-state index in [0.717, 1.165) is 17.5 Å². The molecule has 2 aliphatic heterocycles. The summed E-state index contributed by atoms with van der Waals surface area (Å²) >= 11 is 0. The predicted octanol–water partition coefficient (Wildman–Crippen LogP) is 3.86. The van der Waals surface area contributed by atoms with Gasteiger partial charge in [-0.1, -0.05) is 30.3 Å².